The first-order valence-electron chi connectivity index (χ1n) is 8.38. The number of ketones is 1. The van der Waals surface area contributed by atoms with E-state index in [9.17, 15) is 4.79 Å². The number of piperidine rings is 1. The molecule has 118 valence electrons. The molecule has 1 aliphatic heterocycles. The highest BCUT2D eigenvalue weighted by Gasteiger charge is 2.22. The summed E-state index contributed by atoms with van der Waals surface area (Å²) in [7, 11) is 0. The van der Waals surface area contributed by atoms with Crippen LogP contribution in [0.4, 0.5) is 0 Å². The first-order valence-corrected chi connectivity index (χ1v) is 8.38. The Labute approximate surface area is 131 Å². The third kappa shape index (κ3) is 3.07. The van der Waals surface area contributed by atoms with Crippen LogP contribution < -0.4 is 5.32 Å². The molecule has 4 nitrogen and oxygen atoms in total. The second kappa shape index (κ2) is 6.61. The van der Waals surface area contributed by atoms with Gasteiger partial charge in [0, 0.05) is 18.9 Å². The first-order chi connectivity index (χ1) is 10.7. The molecule has 0 radical (unpaired) electrons. The average Bonchev–Trinajstić information content (AvgIpc) is 2.91. The van der Waals surface area contributed by atoms with Crippen molar-refractivity contribution in [3.8, 4) is 0 Å². The van der Waals surface area contributed by atoms with Crippen LogP contribution in [0.3, 0.4) is 0 Å². The van der Waals surface area contributed by atoms with E-state index in [1.807, 2.05) is 0 Å². The van der Waals surface area contributed by atoms with Crippen molar-refractivity contribution in [2.24, 2.45) is 0 Å². The summed E-state index contributed by atoms with van der Waals surface area (Å²) in [6.07, 6.45) is 3.87. The Kier molecular flexibility index (Phi) is 4.57. The van der Waals surface area contributed by atoms with Crippen molar-refractivity contribution >= 4 is 16.8 Å². The number of fused-ring (bicyclic) bond motifs is 1. The van der Waals surface area contributed by atoms with Gasteiger partial charge in [-0.1, -0.05) is 13.0 Å². The minimum absolute atomic E-state index is 0.239. The number of nitrogens with zero attached hydrogens (tertiary/aromatic N) is 2. The van der Waals surface area contributed by atoms with Gasteiger partial charge in [0.1, 0.15) is 11.6 Å². The van der Waals surface area contributed by atoms with Gasteiger partial charge in [-0.2, -0.15) is 0 Å². The molecular weight excluding hydrogens is 274 g/mol. The highest BCUT2D eigenvalue weighted by molar-refractivity contribution is 5.78. The number of carbonyl (C=O) groups excluding carboxylic acids is 1. The molecule has 0 spiro atoms. The molecule has 1 aromatic carbocycles. The number of benzene rings is 1. The summed E-state index contributed by atoms with van der Waals surface area (Å²) in [5, 5.41) is 3.42. The molecule has 0 aliphatic carbocycles. The van der Waals surface area contributed by atoms with Gasteiger partial charge in [0.05, 0.1) is 11.0 Å². The second-order valence-corrected chi connectivity index (χ2v) is 6.27. The van der Waals surface area contributed by atoms with Crippen LogP contribution in [0.5, 0.6) is 0 Å². The molecule has 1 aromatic heterocycles. The van der Waals surface area contributed by atoms with E-state index in [1.165, 1.54) is 16.9 Å². The number of Topliss-reactive ketones (excluding diaryl/α,β-unsaturated/α-hetero) is 1. The molecule has 0 saturated carbocycles. The van der Waals surface area contributed by atoms with E-state index in [1.54, 1.807) is 6.92 Å². The van der Waals surface area contributed by atoms with Crippen molar-refractivity contribution in [2.45, 2.75) is 52.0 Å². The summed E-state index contributed by atoms with van der Waals surface area (Å²) in [4.78, 5) is 16.4. The van der Waals surface area contributed by atoms with Crippen LogP contribution in [0.1, 0.15) is 50.4 Å². The number of aryl methyl sites for hydroxylation is 2. The van der Waals surface area contributed by atoms with Crippen molar-refractivity contribution in [3.63, 3.8) is 0 Å². The van der Waals surface area contributed by atoms with Crippen LogP contribution in [0.25, 0.3) is 11.0 Å². The molecule has 0 amide bonds. The first kappa shape index (κ1) is 15.2. The Hall–Kier alpha value is -1.68. The lowest BCUT2D eigenvalue weighted by Gasteiger charge is -2.23. The molecule has 1 aliphatic rings. The number of rotatable bonds is 5. The highest BCUT2D eigenvalue weighted by atomic mass is 16.1. The Morgan fingerprint density at radius 1 is 1.36 bits per heavy atom. The van der Waals surface area contributed by atoms with Gasteiger partial charge in [-0.05, 0) is 57.0 Å². The van der Waals surface area contributed by atoms with E-state index in [4.69, 9.17) is 4.98 Å². The SMILES string of the molecule is CCc1ccc2c(c1)nc(C1CCNCC1)n2CCC(C)=O. The number of nitrogens with one attached hydrogen (secondary N) is 1. The maximum absolute atomic E-state index is 11.4. The second-order valence-electron chi connectivity index (χ2n) is 6.27. The monoisotopic (exact) mass is 299 g/mol. The van der Waals surface area contributed by atoms with Crippen LogP contribution in [0.2, 0.25) is 0 Å². The van der Waals surface area contributed by atoms with E-state index in [0.29, 0.717) is 12.3 Å². The highest BCUT2D eigenvalue weighted by Crippen LogP contribution is 2.29. The molecule has 1 saturated heterocycles. The number of hydrogen-bond acceptors (Lipinski definition) is 3. The standard InChI is InChI=1S/C18H25N3O/c1-3-14-4-5-17-16(12-14)20-18(15-6-9-19-10-7-15)21(17)11-8-13(2)22/h4-5,12,15,19H,3,6-11H2,1-2H3. The van der Waals surface area contributed by atoms with Gasteiger partial charge in [0.25, 0.3) is 0 Å². The fourth-order valence-corrected chi connectivity index (χ4v) is 3.31. The predicted molar refractivity (Wildman–Crippen MR) is 89.3 cm³/mol. The van der Waals surface area contributed by atoms with Gasteiger partial charge in [-0.3, -0.25) is 4.79 Å². The van der Waals surface area contributed by atoms with Crippen LogP contribution >= 0.6 is 0 Å². The van der Waals surface area contributed by atoms with E-state index in [2.05, 4.69) is 35.0 Å². The lowest BCUT2D eigenvalue weighted by molar-refractivity contribution is -0.117. The van der Waals surface area contributed by atoms with Crippen LogP contribution in [0.15, 0.2) is 18.2 Å². The quantitative estimate of drug-likeness (QED) is 0.923. The molecule has 1 fully saturated rings. The van der Waals surface area contributed by atoms with Crippen molar-refractivity contribution in [2.75, 3.05) is 13.1 Å². The zero-order chi connectivity index (χ0) is 15.5. The van der Waals surface area contributed by atoms with Crippen molar-refractivity contribution in [3.05, 3.63) is 29.6 Å². The topological polar surface area (TPSA) is 46.9 Å². The molecular formula is C18H25N3O. The van der Waals surface area contributed by atoms with Gasteiger partial charge < -0.3 is 9.88 Å². The van der Waals surface area contributed by atoms with E-state index in [0.717, 1.165) is 44.4 Å². The largest absolute Gasteiger partial charge is 0.327 e. The normalized spacial score (nSPS) is 16.3. The minimum Gasteiger partial charge on any atom is -0.327 e. The molecule has 3 rings (SSSR count). The Bertz CT molecular complexity index is 668. The van der Waals surface area contributed by atoms with E-state index in [-0.39, 0.29) is 5.78 Å². The summed E-state index contributed by atoms with van der Waals surface area (Å²) in [5.74, 6) is 1.92. The lowest BCUT2D eigenvalue weighted by Crippen LogP contribution is -2.28. The molecule has 4 heteroatoms. The molecule has 1 N–H and O–H groups in total. The number of hydrogen-bond donors (Lipinski definition) is 1. The average molecular weight is 299 g/mol. The minimum atomic E-state index is 0.239. The third-order valence-corrected chi connectivity index (χ3v) is 4.64. The molecule has 2 heterocycles. The van der Waals surface area contributed by atoms with Gasteiger partial charge >= 0.3 is 0 Å². The molecule has 2 aromatic rings. The van der Waals surface area contributed by atoms with Crippen molar-refractivity contribution in [1.29, 1.82) is 0 Å². The van der Waals surface area contributed by atoms with Crippen molar-refractivity contribution in [1.82, 2.24) is 14.9 Å². The lowest BCUT2D eigenvalue weighted by atomic mass is 9.97. The van der Waals surface area contributed by atoms with Gasteiger partial charge in [-0.15, -0.1) is 0 Å². The van der Waals surface area contributed by atoms with E-state index >= 15 is 0 Å². The van der Waals surface area contributed by atoms with E-state index < -0.39 is 0 Å². The summed E-state index contributed by atoms with van der Waals surface area (Å²) >= 11 is 0. The Balaban J connectivity index is 2.02. The molecule has 22 heavy (non-hydrogen) atoms. The summed E-state index contributed by atoms with van der Waals surface area (Å²) < 4.78 is 2.28. The maximum Gasteiger partial charge on any atom is 0.131 e. The number of imidazole rings is 1. The zero-order valence-corrected chi connectivity index (χ0v) is 13.6. The number of carbonyl (C=O) groups is 1. The number of aromatic nitrogens is 2. The smallest absolute Gasteiger partial charge is 0.131 e. The van der Waals surface area contributed by atoms with Crippen LogP contribution in [-0.2, 0) is 17.8 Å². The van der Waals surface area contributed by atoms with Crippen LogP contribution in [-0.4, -0.2) is 28.4 Å². The Morgan fingerprint density at radius 3 is 2.82 bits per heavy atom. The maximum atomic E-state index is 11.4. The summed E-state index contributed by atoms with van der Waals surface area (Å²) in [5.41, 5.74) is 3.57. The molecule has 0 atom stereocenters. The van der Waals surface area contributed by atoms with Gasteiger partial charge in [0.15, 0.2) is 0 Å². The summed E-state index contributed by atoms with van der Waals surface area (Å²) in [6.45, 7) is 6.69. The molecule has 0 bridgehead atoms. The fourth-order valence-electron chi connectivity index (χ4n) is 3.31. The third-order valence-electron chi connectivity index (χ3n) is 4.64. The van der Waals surface area contributed by atoms with Crippen LogP contribution in [0, 0.1) is 0 Å². The Morgan fingerprint density at radius 2 is 2.14 bits per heavy atom. The predicted octanol–water partition coefficient (Wildman–Crippen LogP) is 3.04. The fraction of sp³-hybridized carbons (Fsp3) is 0.556. The summed E-state index contributed by atoms with van der Waals surface area (Å²) in [6, 6.07) is 6.55. The molecule has 0 unspecified atom stereocenters. The van der Waals surface area contributed by atoms with Crippen molar-refractivity contribution < 1.29 is 4.79 Å². The van der Waals surface area contributed by atoms with Gasteiger partial charge in [0.2, 0.25) is 0 Å². The zero-order valence-electron chi connectivity index (χ0n) is 13.6. The van der Waals surface area contributed by atoms with Gasteiger partial charge in [-0.25, -0.2) is 4.98 Å².